The molecule has 142 valence electrons. The first-order valence-electron chi connectivity index (χ1n) is 9.38. The van der Waals surface area contributed by atoms with Crippen molar-refractivity contribution in [2.45, 2.75) is 45.1 Å². The maximum atomic E-state index is 12.0. The molecule has 1 aliphatic heterocycles. The van der Waals surface area contributed by atoms with E-state index in [-0.39, 0.29) is 12.7 Å². The highest BCUT2D eigenvalue weighted by Crippen LogP contribution is 2.23. The van der Waals surface area contributed by atoms with Crippen molar-refractivity contribution in [3.63, 3.8) is 0 Å². The molecule has 0 unspecified atom stereocenters. The molecule has 2 heterocycles. The Kier molecular flexibility index (Phi) is 6.25. The predicted octanol–water partition coefficient (Wildman–Crippen LogP) is 1.40. The molecule has 1 aromatic rings. The van der Waals surface area contributed by atoms with E-state index in [9.17, 15) is 9.59 Å². The second-order valence-corrected chi connectivity index (χ2v) is 6.61. The maximum Gasteiger partial charge on any atom is 0.397 e. The third-order valence-electron chi connectivity index (χ3n) is 4.81. The molecule has 2 aliphatic rings. The Morgan fingerprint density at radius 1 is 1.08 bits per heavy atom. The third-order valence-corrected chi connectivity index (χ3v) is 4.81. The van der Waals surface area contributed by atoms with Gasteiger partial charge in [-0.05, 0) is 38.7 Å². The summed E-state index contributed by atoms with van der Waals surface area (Å²) < 4.78 is 10.7. The van der Waals surface area contributed by atoms with Crippen LogP contribution in [0.1, 0.15) is 39.0 Å². The normalized spacial score (nSPS) is 18.5. The lowest BCUT2D eigenvalue weighted by Crippen LogP contribution is -2.51. The number of rotatable bonds is 4. The number of ether oxygens (including phenoxy) is 2. The first-order chi connectivity index (χ1) is 12.7. The van der Waals surface area contributed by atoms with Crippen LogP contribution >= 0.6 is 0 Å². The molecule has 0 radical (unpaired) electrons. The number of piperazine rings is 1. The van der Waals surface area contributed by atoms with Crippen LogP contribution in [-0.2, 0) is 14.3 Å². The maximum absolute atomic E-state index is 12.0. The number of aromatic nitrogens is 2. The molecule has 8 nitrogen and oxygen atoms in total. The Morgan fingerprint density at radius 2 is 1.81 bits per heavy atom. The third kappa shape index (κ3) is 4.62. The lowest BCUT2D eigenvalue weighted by atomic mass is 9.98. The fourth-order valence-electron chi connectivity index (χ4n) is 3.36. The van der Waals surface area contributed by atoms with Crippen molar-refractivity contribution in [1.29, 1.82) is 0 Å². The minimum Gasteiger partial charge on any atom is -0.473 e. The van der Waals surface area contributed by atoms with Crippen LogP contribution in [-0.4, -0.2) is 65.9 Å². The summed E-state index contributed by atoms with van der Waals surface area (Å²) in [6, 6.07) is 3.75. The van der Waals surface area contributed by atoms with Crippen molar-refractivity contribution < 1.29 is 19.1 Å². The summed E-state index contributed by atoms with van der Waals surface area (Å²) in [6.45, 7) is 4.00. The fourth-order valence-corrected chi connectivity index (χ4v) is 3.36. The largest absolute Gasteiger partial charge is 0.473 e. The summed E-state index contributed by atoms with van der Waals surface area (Å²) in [4.78, 5) is 27.0. The van der Waals surface area contributed by atoms with Gasteiger partial charge in [0.05, 0.1) is 6.61 Å². The number of anilines is 1. The van der Waals surface area contributed by atoms with E-state index in [1.807, 2.05) is 17.0 Å². The molecular formula is C18H26N4O4. The lowest BCUT2D eigenvalue weighted by Gasteiger charge is -2.34. The molecule has 0 aromatic carbocycles. The molecule has 1 aromatic heterocycles. The van der Waals surface area contributed by atoms with Crippen molar-refractivity contribution in [2.75, 3.05) is 37.7 Å². The summed E-state index contributed by atoms with van der Waals surface area (Å²) in [5.74, 6) is -0.0419. The average Bonchev–Trinajstić information content (AvgIpc) is 2.69. The topological polar surface area (TPSA) is 84.9 Å². The molecule has 0 atom stereocenters. The molecule has 0 spiro atoms. The average molecular weight is 362 g/mol. The Morgan fingerprint density at radius 3 is 2.42 bits per heavy atom. The molecule has 3 rings (SSSR count). The monoisotopic (exact) mass is 362 g/mol. The zero-order valence-electron chi connectivity index (χ0n) is 15.2. The molecule has 1 aliphatic carbocycles. The minimum atomic E-state index is -0.787. The molecule has 1 amide bonds. The van der Waals surface area contributed by atoms with Crippen molar-refractivity contribution in [3.05, 3.63) is 12.1 Å². The number of nitrogens with zero attached hydrogens (tertiary/aromatic N) is 4. The highest BCUT2D eigenvalue weighted by Gasteiger charge is 2.27. The van der Waals surface area contributed by atoms with Gasteiger partial charge in [0.2, 0.25) is 5.88 Å². The first-order valence-corrected chi connectivity index (χ1v) is 9.38. The van der Waals surface area contributed by atoms with Crippen molar-refractivity contribution >= 4 is 17.7 Å². The number of hydrogen-bond acceptors (Lipinski definition) is 7. The van der Waals surface area contributed by atoms with Gasteiger partial charge in [0.15, 0.2) is 5.82 Å². The molecule has 0 bridgehead atoms. The quantitative estimate of drug-likeness (QED) is 0.591. The number of hydrogen-bond donors (Lipinski definition) is 0. The number of carbonyl (C=O) groups excluding carboxylic acids is 2. The first kappa shape index (κ1) is 18.4. The molecule has 1 saturated carbocycles. The zero-order chi connectivity index (χ0) is 18.4. The second kappa shape index (κ2) is 8.82. The van der Waals surface area contributed by atoms with Gasteiger partial charge in [-0.1, -0.05) is 6.42 Å². The van der Waals surface area contributed by atoms with Gasteiger partial charge in [-0.2, -0.15) is 0 Å². The Balaban J connectivity index is 1.49. The molecule has 2 fully saturated rings. The molecular weight excluding hydrogens is 336 g/mol. The lowest BCUT2D eigenvalue weighted by molar-refractivity contribution is -0.160. The molecule has 26 heavy (non-hydrogen) atoms. The highest BCUT2D eigenvalue weighted by molar-refractivity contribution is 6.32. The van der Waals surface area contributed by atoms with Crippen LogP contribution in [0.3, 0.4) is 0 Å². The van der Waals surface area contributed by atoms with E-state index in [4.69, 9.17) is 9.47 Å². The van der Waals surface area contributed by atoms with Crippen LogP contribution in [0.25, 0.3) is 0 Å². The number of carbonyl (C=O) groups is 2. The fraction of sp³-hybridized carbons (Fsp3) is 0.667. The smallest absolute Gasteiger partial charge is 0.397 e. The van der Waals surface area contributed by atoms with E-state index >= 15 is 0 Å². The van der Waals surface area contributed by atoms with Gasteiger partial charge in [0, 0.05) is 32.2 Å². The van der Waals surface area contributed by atoms with Gasteiger partial charge < -0.3 is 19.3 Å². The minimum absolute atomic E-state index is 0.204. The second-order valence-electron chi connectivity index (χ2n) is 6.61. The summed E-state index contributed by atoms with van der Waals surface area (Å²) in [6.07, 6.45) is 6.13. The van der Waals surface area contributed by atoms with Crippen LogP contribution in [0.2, 0.25) is 0 Å². The summed E-state index contributed by atoms with van der Waals surface area (Å²) >= 11 is 0. The van der Waals surface area contributed by atoms with E-state index in [2.05, 4.69) is 10.2 Å². The van der Waals surface area contributed by atoms with E-state index in [0.29, 0.717) is 32.1 Å². The Bertz CT molecular complexity index is 608. The Hall–Kier alpha value is -2.38. The van der Waals surface area contributed by atoms with Gasteiger partial charge >= 0.3 is 11.9 Å². The van der Waals surface area contributed by atoms with Crippen LogP contribution in [0, 0.1) is 0 Å². The van der Waals surface area contributed by atoms with E-state index in [1.165, 1.54) is 24.2 Å². The predicted molar refractivity (Wildman–Crippen MR) is 95.0 cm³/mol. The van der Waals surface area contributed by atoms with Crippen LogP contribution < -0.4 is 9.64 Å². The summed E-state index contributed by atoms with van der Waals surface area (Å²) in [7, 11) is 0. The van der Waals surface area contributed by atoms with Crippen LogP contribution in [0.4, 0.5) is 5.82 Å². The summed E-state index contributed by atoms with van der Waals surface area (Å²) in [5, 5.41) is 8.44. The summed E-state index contributed by atoms with van der Waals surface area (Å²) in [5.41, 5.74) is 0. The van der Waals surface area contributed by atoms with Crippen molar-refractivity contribution in [1.82, 2.24) is 15.1 Å². The van der Waals surface area contributed by atoms with E-state index in [1.54, 1.807) is 6.92 Å². The van der Waals surface area contributed by atoms with Crippen LogP contribution in [0.5, 0.6) is 5.88 Å². The SMILES string of the molecule is CCOC(=O)C(=O)N1CCN(c2ccc(OC3CCCCC3)nn2)CC1. The van der Waals surface area contributed by atoms with Gasteiger partial charge in [-0.15, -0.1) is 10.2 Å². The van der Waals surface area contributed by atoms with Crippen molar-refractivity contribution in [3.8, 4) is 5.88 Å². The highest BCUT2D eigenvalue weighted by atomic mass is 16.5. The van der Waals surface area contributed by atoms with Gasteiger partial charge in [0.25, 0.3) is 0 Å². The van der Waals surface area contributed by atoms with Gasteiger partial charge in [-0.25, -0.2) is 4.79 Å². The number of amides is 1. The van der Waals surface area contributed by atoms with Crippen LogP contribution in [0.15, 0.2) is 12.1 Å². The number of esters is 1. The van der Waals surface area contributed by atoms with Crippen molar-refractivity contribution in [2.24, 2.45) is 0 Å². The van der Waals surface area contributed by atoms with E-state index < -0.39 is 11.9 Å². The van der Waals surface area contributed by atoms with E-state index in [0.717, 1.165) is 18.7 Å². The molecule has 0 N–H and O–H groups in total. The molecule has 8 heteroatoms. The Labute approximate surface area is 153 Å². The van der Waals surface area contributed by atoms with Gasteiger partial charge in [-0.3, -0.25) is 4.79 Å². The van der Waals surface area contributed by atoms with Gasteiger partial charge in [0.1, 0.15) is 6.10 Å². The standard InChI is InChI=1S/C18H26N4O4/c1-2-25-18(24)17(23)22-12-10-21(11-13-22)15-8-9-16(20-19-15)26-14-6-4-3-5-7-14/h8-9,14H,2-7,10-13H2,1H3. The zero-order valence-corrected chi connectivity index (χ0v) is 15.2. The molecule has 1 saturated heterocycles.